The number of nitrogens with zero attached hydrogens (tertiary/aromatic N) is 6. The quantitative estimate of drug-likeness (QED) is 0.170. The monoisotopic (exact) mass is 1340 g/mol. The molecule has 16 heteroatoms. The zero-order valence-corrected chi connectivity index (χ0v) is 59.5. The second-order valence-electron chi connectivity index (χ2n) is 26.0. The van der Waals surface area contributed by atoms with E-state index in [9.17, 15) is 13.2 Å². The number of hydrogen-bond donors (Lipinski definition) is 1. The summed E-state index contributed by atoms with van der Waals surface area (Å²) in [7, 11) is 13.8. The molecule has 0 atom stereocenters. The number of phenols is 1. The molecule has 83 heavy (non-hydrogen) atoms. The molecule has 0 spiro atoms. The van der Waals surface area contributed by atoms with Crippen molar-refractivity contribution in [3.05, 3.63) is 163 Å². The van der Waals surface area contributed by atoms with Gasteiger partial charge in [0.2, 0.25) is 0 Å². The summed E-state index contributed by atoms with van der Waals surface area (Å²) in [5, 5.41) is 10.2. The summed E-state index contributed by atoms with van der Waals surface area (Å²) >= 11 is 23.9. The number of ether oxygens (including phenoxy) is 1. The molecule has 0 aliphatic heterocycles. The van der Waals surface area contributed by atoms with Crippen LogP contribution < -0.4 is 34.1 Å². The van der Waals surface area contributed by atoms with Gasteiger partial charge in [-0.05, 0) is 278 Å². The number of halogens is 8. The van der Waals surface area contributed by atoms with Gasteiger partial charge in [0, 0.05) is 114 Å². The van der Waals surface area contributed by atoms with E-state index in [-0.39, 0.29) is 60.7 Å². The van der Waals surface area contributed by atoms with Gasteiger partial charge in [-0.25, -0.2) is 13.2 Å². The summed E-state index contributed by atoms with van der Waals surface area (Å²) in [5.74, 6) is 0.235. The number of methoxy groups -OCH3 is 1. The lowest BCUT2D eigenvalue weighted by Crippen LogP contribution is -2.38. The minimum absolute atomic E-state index is 0.000267. The summed E-state index contributed by atoms with van der Waals surface area (Å²) in [6.45, 7) is 38.3. The van der Waals surface area contributed by atoms with Gasteiger partial charge in [0.05, 0.1) is 26.7 Å². The van der Waals surface area contributed by atoms with Gasteiger partial charge >= 0.3 is 0 Å². The standard InChI is InChI=1S/C12H19NO.C11H15BrClN.C11H15BrFN.2C11H15ClFN.C11H17NO/c1-12(2,3)13(4)10-6-8-11(14-5)9-7-10;2*1-11(2,3)14(4)8-5-6-9(12)10(13)7-8;1-11(2,3)14(4)8-5-6-10(13)9(12)7-8;1-11(2,3)14(4)8-5-6-9(12)10(13)7-8;1-11(2,3)12(4)9-5-7-10(13)8-6-9/h6-9H,1-5H3;4*5-7H,1-4H3;5-8,13H,1-4H3. The van der Waals surface area contributed by atoms with E-state index in [1.54, 1.807) is 43.5 Å². The van der Waals surface area contributed by atoms with Crippen LogP contribution in [0, 0.1) is 17.5 Å². The molecule has 0 aliphatic carbocycles. The Morgan fingerprint density at radius 2 is 0.614 bits per heavy atom. The molecule has 6 rings (SSSR count). The molecule has 0 fully saturated rings. The third kappa shape index (κ3) is 26.2. The molecule has 0 unspecified atom stereocenters. The number of rotatable bonds is 7. The summed E-state index contributed by atoms with van der Waals surface area (Å²) in [4.78, 5) is 12.7. The van der Waals surface area contributed by atoms with E-state index in [4.69, 9.17) is 44.6 Å². The van der Waals surface area contributed by atoms with Crippen LogP contribution in [0.3, 0.4) is 0 Å². The Bertz CT molecular complexity index is 2640. The largest absolute Gasteiger partial charge is 0.508 e. The molecular formula is C67H96Br2Cl3F3N6O2. The van der Waals surface area contributed by atoms with Crippen LogP contribution in [0.1, 0.15) is 125 Å². The number of aromatic hydroxyl groups is 1. The van der Waals surface area contributed by atoms with E-state index in [0.717, 1.165) is 43.7 Å². The van der Waals surface area contributed by atoms with E-state index in [1.165, 1.54) is 23.9 Å². The zero-order valence-electron chi connectivity index (χ0n) is 54.1. The van der Waals surface area contributed by atoms with Crippen molar-refractivity contribution in [2.24, 2.45) is 0 Å². The number of anilines is 6. The van der Waals surface area contributed by atoms with Crippen molar-refractivity contribution in [2.75, 3.05) is 78.8 Å². The van der Waals surface area contributed by atoms with Crippen molar-refractivity contribution in [1.82, 2.24) is 0 Å². The third-order valence-electron chi connectivity index (χ3n) is 13.9. The minimum Gasteiger partial charge on any atom is -0.508 e. The molecule has 0 aliphatic rings. The number of hydrogen-bond acceptors (Lipinski definition) is 8. The Morgan fingerprint density at radius 3 is 0.928 bits per heavy atom. The predicted octanol–water partition coefficient (Wildman–Crippen LogP) is 21.1. The van der Waals surface area contributed by atoms with E-state index in [2.05, 4.69) is 208 Å². The Labute approximate surface area is 531 Å². The van der Waals surface area contributed by atoms with Gasteiger partial charge < -0.3 is 39.2 Å². The van der Waals surface area contributed by atoms with Crippen molar-refractivity contribution < 1.29 is 23.0 Å². The fourth-order valence-electron chi connectivity index (χ4n) is 6.58. The number of benzene rings is 6. The SMILES string of the molecule is CN(c1ccc(Br)c(Cl)c1)C(C)(C)C.CN(c1ccc(Br)c(F)c1)C(C)(C)C.CN(c1ccc(Cl)c(F)c1)C(C)(C)C.CN(c1ccc(F)c(Cl)c1)C(C)(C)C.CN(c1ccc(O)cc1)C(C)(C)C.COc1ccc(N(C)C(C)(C)C)cc1. The van der Waals surface area contributed by atoms with E-state index in [0.29, 0.717) is 10.2 Å². The van der Waals surface area contributed by atoms with Crippen LogP contribution in [-0.4, -0.2) is 87.7 Å². The summed E-state index contributed by atoms with van der Waals surface area (Å²) in [6, 6.07) is 36.1. The Morgan fingerprint density at radius 1 is 0.337 bits per heavy atom. The van der Waals surface area contributed by atoms with Crippen LogP contribution in [0.2, 0.25) is 15.1 Å². The maximum absolute atomic E-state index is 13.3. The highest BCUT2D eigenvalue weighted by atomic mass is 79.9. The lowest BCUT2D eigenvalue weighted by Gasteiger charge is -2.34. The first-order valence-corrected chi connectivity index (χ1v) is 30.0. The van der Waals surface area contributed by atoms with E-state index >= 15 is 0 Å². The highest BCUT2D eigenvalue weighted by molar-refractivity contribution is 9.10. The molecule has 6 aromatic rings. The van der Waals surface area contributed by atoms with Gasteiger partial charge in [0.15, 0.2) is 0 Å². The first kappa shape index (κ1) is 76.4. The van der Waals surface area contributed by atoms with Crippen LogP contribution >= 0.6 is 66.7 Å². The molecule has 0 saturated carbocycles. The minimum atomic E-state index is -0.377. The molecule has 0 heterocycles. The van der Waals surface area contributed by atoms with Crippen molar-refractivity contribution in [3.63, 3.8) is 0 Å². The van der Waals surface area contributed by atoms with Crippen LogP contribution in [0.15, 0.2) is 130 Å². The molecule has 1 N–H and O–H groups in total. The van der Waals surface area contributed by atoms with Gasteiger partial charge in [-0.1, -0.05) is 34.8 Å². The van der Waals surface area contributed by atoms with E-state index in [1.807, 2.05) is 86.5 Å². The van der Waals surface area contributed by atoms with Gasteiger partial charge in [-0.3, -0.25) is 0 Å². The van der Waals surface area contributed by atoms with Crippen molar-refractivity contribution in [2.45, 2.75) is 158 Å². The van der Waals surface area contributed by atoms with Gasteiger partial charge in [0.25, 0.3) is 0 Å². The van der Waals surface area contributed by atoms with Crippen molar-refractivity contribution in [3.8, 4) is 11.5 Å². The first-order chi connectivity index (χ1) is 37.6. The smallest absolute Gasteiger partial charge is 0.143 e. The van der Waals surface area contributed by atoms with E-state index < -0.39 is 0 Å². The lowest BCUT2D eigenvalue weighted by molar-refractivity contribution is 0.414. The van der Waals surface area contributed by atoms with Crippen LogP contribution in [0.25, 0.3) is 0 Å². The Kier molecular flexibility index (Phi) is 29.6. The molecule has 462 valence electrons. The van der Waals surface area contributed by atoms with Crippen molar-refractivity contribution in [1.29, 1.82) is 0 Å². The van der Waals surface area contributed by atoms with Gasteiger partial charge in [-0.2, -0.15) is 0 Å². The van der Waals surface area contributed by atoms with Gasteiger partial charge in [-0.15, -0.1) is 0 Å². The molecule has 0 saturated heterocycles. The van der Waals surface area contributed by atoms with Gasteiger partial charge in [0.1, 0.15) is 29.0 Å². The predicted molar refractivity (Wildman–Crippen MR) is 366 cm³/mol. The lowest BCUT2D eigenvalue weighted by atomic mass is 10.1. The summed E-state index contributed by atoms with van der Waals surface area (Å²) in [6.07, 6.45) is 0. The molecule has 0 aromatic heterocycles. The Balaban J connectivity index is 0.000000498. The fourth-order valence-corrected chi connectivity index (χ4v) is 7.54. The molecular weight excluding hydrogens is 1240 g/mol. The van der Waals surface area contributed by atoms with Crippen LogP contribution in [0.5, 0.6) is 11.5 Å². The molecule has 8 nitrogen and oxygen atoms in total. The average Bonchev–Trinajstić information content (AvgIpc) is 3.51. The topological polar surface area (TPSA) is 48.9 Å². The second kappa shape index (κ2) is 32.2. The highest BCUT2D eigenvalue weighted by Crippen LogP contribution is 2.32. The molecule has 0 bridgehead atoms. The average molecular weight is 1340 g/mol. The second-order valence-corrected chi connectivity index (χ2v) is 28.9. The molecule has 0 radical (unpaired) electrons. The highest BCUT2D eigenvalue weighted by Gasteiger charge is 2.22. The van der Waals surface area contributed by atoms with Crippen LogP contribution in [-0.2, 0) is 0 Å². The summed E-state index contributed by atoms with van der Waals surface area (Å²) < 4.78 is 45.9. The fraction of sp³-hybridized carbons (Fsp3) is 0.463. The first-order valence-electron chi connectivity index (χ1n) is 27.3. The van der Waals surface area contributed by atoms with Crippen molar-refractivity contribution >= 4 is 101 Å². The van der Waals surface area contributed by atoms with Crippen LogP contribution in [0.4, 0.5) is 47.3 Å². The maximum atomic E-state index is 13.3. The third-order valence-corrected chi connectivity index (χ3v) is 16.4. The number of phenolic OH excluding ortho intramolecular Hbond substituents is 1. The maximum Gasteiger partial charge on any atom is 0.143 e. The normalized spacial score (nSPS) is 11.5. The zero-order chi connectivity index (χ0) is 64.6. The summed E-state index contributed by atoms with van der Waals surface area (Å²) in [5.41, 5.74) is 6.43. The molecule has 6 aromatic carbocycles. The molecule has 0 amide bonds. The Hall–Kier alpha value is -4.66.